The minimum Gasteiger partial charge on any atom is -0.353 e. The smallest absolute Gasteiger partial charge is 0.139 e. The highest BCUT2D eigenvalue weighted by Gasteiger charge is 2.24. The summed E-state index contributed by atoms with van der Waals surface area (Å²) in [5.74, 6) is 0.751. The van der Waals surface area contributed by atoms with Gasteiger partial charge in [-0.3, -0.25) is 0 Å². The SMILES string of the molecule is CCc1cc2c(s1)Nc1cc(F)ccc1N=C2N1CCNCC1. The van der Waals surface area contributed by atoms with E-state index in [1.54, 1.807) is 17.4 Å². The zero-order chi connectivity index (χ0) is 15.8. The fourth-order valence-electron chi connectivity index (χ4n) is 3.00. The lowest BCUT2D eigenvalue weighted by molar-refractivity contribution is 0.358. The molecule has 0 radical (unpaired) electrons. The van der Waals surface area contributed by atoms with Crippen LogP contribution in [0.4, 0.5) is 20.8 Å². The Hall–Kier alpha value is -1.92. The van der Waals surface area contributed by atoms with Crippen molar-refractivity contribution in [3.63, 3.8) is 0 Å². The van der Waals surface area contributed by atoms with Crippen molar-refractivity contribution >= 4 is 33.5 Å². The van der Waals surface area contributed by atoms with Gasteiger partial charge in [0.15, 0.2) is 0 Å². The van der Waals surface area contributed by atoms with E-state index >= 15 is 0 Å². The fourth-order valence-corrected chi connectivity index (χ4v) is 4.00. The number of thiophene rings is 1. The quantitative estimate of drug-likeness (QED) is 0.841. The van der Waals surface area contributed by atoms with Crippen LogP contribution < -0.4 is 10.6 Å². The number of hydrogen-bond donors (Lipinski definition) is 2. The Labute approximate surface area is 139 Å². The van der Waals surface area contributed by atoms with Gasteiger partial charge in [0.1, 0.15) is 16.7 Å². The molecule has 2 aliphatic rings. The van der Waals surface area contributed by atoms with Gasteiger partial charge in [0, 0.05) is 31.1 Å². The van der Waals surface area contributed by atoms with Crippen molar-refractivity contribution in [1.29, 1.82) is 0 Å². The summed E-state index contributed by atoms with van der Waals surface area (Å²) in [6.45, 7) is 5.95. The molecule has 0 unspecified atom stereocenters. The van der Waals surface area contributed by atoms with Gasteiger partial charge >= 0.3 is 0 Å². The lowest BCUT2D eigenvalue weighted by Crippen LogP contribution is -2.46. The third-order valence-corrected chi connectivity index (χ3v) is 5.42. The molecule has 0 atom stereocenters. The molecule has 23 heavy (non-hydrogen) atoms. The zero-order valence-electron chi connectivity index (χ0n) is 13.0. The first kappa shape index (κ1) is 14.7. The van der Waals surface area contributed by atoms with E-state index in [4.69, 9.17) is 4.99 Å². The van der Waals surface area contributed by atoms with Crippen molar-refractivity contribution in [2.75, 3.05) is 31.5 Å². The molecular formula is C17H19FN4S. The highest BCUT2D eigenvalue weighted by atomic mass is 32.1. The van der Waals surface area contributed by atoms with E-state index < -0.39 is 0 Å². The van der Waals surface area contributed by atoms with Crippen LogP contribution in [-0.4, -0.2) is 36.9 Å². The number of amidine groups is 1. The molecule has 1 aromatic heterocycles. The molecule has 2 aromatic rings. The molecule has 120 valence electrons. The van der Waals surface area contributed by atoms with E-state index in [1.807, 2.05) is 0 Å². The van der Waals surface area contributed by atoms with E-state index in [1.165, 1.54) is 17.0 Å². The van der Waals surface area contributed by atoms with Crippen LogP contribution >= 0.6 is 11.3 Å². The van der Waals surface area contributed by atoms with Gasteiger partial charge in [-0.25, -0.2) is 9.38 Å². The van der Waals surface area contributed by atoms with Gasteiger partial charge in [0.2, 0.25) is 0 Å². The second-order valence-corrected chi connectivity index (χ2v) is 6.90. The monoisotopic (exact) mass is 330 g/mol. The predicted octanol–water partition coefficient (Wildman–Crippen LogP) is 3.49. The summed E-state index contributed by atoms with van der Waals surface area (Å²) < 4.78 is 13.6. The molecular weight excluding hydrogens is 311 g/mol. The fraction of sp³-hybridized carbons (Fsp3) is 0.353. The van der Waals surface area contributed by atoms with Gasteiger partial charge in [-0.1, -0.05) is 6.92 Å². The number of hydrogen-bond acceptors (Lipinski definition) is 5. The lowest BCUT2D eigenvalue weighted by Gasteiger charge is -2.30. The van der Waals surface area contributed by atoms with Gasteiger partial charge in [-0.2, -0.15) is 0 Å². The Balaban J connectivity index is 1.85. The molecule has 3 heterocycles. The van der Waals surface area contributed by atoms with Gasteiger partial charge in [-0.05, 0) is 30.7 Å². The molecule has 2 N–H and O–H groups in total. The van der Waals surface area contributed by atoms with Crippen molar-refractivity contribution in [3.8, 4) is 0 Å². The number of nitrogens with zero attached hydrogens (tertiary/aromatic N) is 2. The first-order chi connectivity index (χ1) is 11.2. The van der Waals surface area contributed by atoms with Gasteiger partial charge < -0.3 is 15.5 Å². The van der Waals surface area contributed by atoms with Crippen LogP contribution in [0.5, 0.6) is 0 Å². The lowest BCUT2D eigenvalue weighted by atomic mass is 10.2. The molecule has 1 fully saturated rings. The van der Waals surface area contributed by atoms with E-state index in [0.29, 0.717) is 0 Å². The van der Waals surface area contributed by atoms with E-state index in [9.17, 15) is 4.39 Å². The van der Waals surface area contributed by atoms with Crippen LogP contribution in [0.25, 0.3) is 0 Å². The van der Waals surface area contributed by atoms with Gasteiger partial charge in [0.05, 0.1) is 16.9 Å². The zero-order valence-corrected chi connectivity index (χ0v) is 13.8. The molecule has 0 aliphatic carbocycles. The van der Waals surface area contributed by atoms with Gasteiger partial charge in [-0.15, -0.1) is 11.3 Å². The number of aryl methyl sites for hydroxylation is 1. The van der Waals surface area contributed by atoms with Crippen molar-refractivity contribution in [2.24, 2.45) is 4.99 Å². The number of nitrogens with one attached hydrogen (secondary N) is 2. The molecule has 1 aromatic carbocycles. The average molecular weight is 330 g/mol. The highest BCUT2D eigenvalue weighted by Crippen LogP contribution is 2.39. The second kappa shape index (κ2) is 5.94. The largest absolute Gasteiger partial charge is 0.353 e. The molecule has 0 amide bonds. The van der Waals surface area contributed by atoms with Gasteiger partial charge in [0.25, 0.3) is 0 Å². The van der Waals surface area contributed by atoms with Crippen LogP contribution in [0.2, 0.25) is 0 Å². The minimum atomic E-state index is -0.245. The second-order valence-electron chi connectivity index (χ2n) is 5.77. The maximum absolute atomic E-state index is 13.6. The summed E-state index contributed by atoms with van der Waals surface area (Å²) in [5.41, 5.74) is 2.66. The van der Waals surface area contributed by atoms with Crippen molar-refractivity contribution in [2.45, 2.75) is 13.3 Å². The first-order valence-electron chi connectivity index (χ1n) is 7.98. The summed E-state index contributed by atoms with van der Waals surface area (Å²) in [7, 11) is 0. The Bertz CT molecular complexity index is 762. The Morgan fingerprint density at radius 3 is 2.87 bits per heavy atom. The Kier molecular flexibility index (Phi) is 3.79. The van der Waals surface area contributed by atoms with E-state index in [2.05, 4.69) is 28.5 Å². The standard InChI is InChI=1S/C17H19FN4S/c1-2-12-10-13-16(22-7-5-19-6-8-22)20-14-4-3-11(18)9-15(14)21-17(13)23-12/h3-4,9-10,19,21H,2,5-8H2,1H3. The predicted molar refractivity (Wildman–Crippen MR) is 94.0 cm³/mol. The van der Waals surface area contributed by atoms with E-state index in [-0.39, 0.29) is 5.82 Å². The number of fused-ring (bicyclic) bond motifs is 2. The Morgan fingerprint density at radius 2 is 2.09 bits per heavy atom. The molecule has 0 saturated carbocycles. The van der Waals surface area contributed by atoms with Crippen LogP contribution in [0, 0.1) is 5.82 Å². The third-order valence-electron chi connectivity index (χ3n) is 4.22. The maximum atomic E-state index is 13.6. The van der Waals surface area contributed by atoms with Crippen molar-refractivity contribution in [1.82, 2.24) is 10.2 Å². The first-order valence-corrected chi connectivity index (χ1v) is 8.80. The molecule has 0 spiro atoms. The van der Waals surface area contributed by atoms with Crippen molar-refractivity contribution in [3.05, 3.63) is 40.5 Å². The number of rotatable bonds is 1. The molecule has 6 heteroatoms. The summed E-state index contributed by atoms with van der Waals surface area (Å²) in [6, 6.07) is 6.96. The van der Waals surface area contributed by atoms with E-state index in [0.717, 1.165) is 60.4 Å². The number of anilines is 2. The average Bonchev–Trinajstić information content (AvgIpc) is 2.91. The topological polar surface area (TPSA) is 39.7 Å². The number of aliphatic imine (C=N–C) groups is 1. The molecule has 4 rings (SSSR count). The third kappa shape index (κ3) is 2.72. The summed E-state index contributed by atoms with van der Waals surface area (Å²) in [5, 5.41) is 7.83. The summed E-state index contributed by atoms with van der Waals surface area (Å²) >= 11 is 1.73. The normalized spacial score (nSPS) is 17.0. The minimum absolute atomic E-state index is 0.245. The van der Waals surface area contributed by atoms with Crippen LogP contribution in [-0.2, 0) is 6.42 Å². The van der Waals surface area contributed by atoms with Crippen LogP contribution in [0.3, 0.4) is 0 Å². The molecule has 4 nitrogen and oxygen atoms in total. The highest BCUT2D eigenvalue weighted by molar-refractivity contribution is 7.16. The van der Waals surface area contributed by atoms with Crippen molar-refractivity contribution < 1.29 is 4.39 Å². The summed E-state index contributed by atoms with van der Waals surface area (Å²) in [6.07, 6.45) is 0.990. The van der Waals surface area contributed by atoms with Crippen LogP contribution in [0.15, 0.2) is 29.3 Å². The summed E-state index contributed by atoms with van der Waals surface area (Å²) in [4.78, 5) is 8.52. The number of halogens is 1. The number of piperazine rings is 1. The molecule has 1 saturated heterocycles. The van der Waals surface area contributed by atoms with Crippen LogP contribution in [0.1, 0.15) is 17.4 Å². The number of benzene rings is 1. The maximum Gasteiger partial charge on any atom is 0.139 e. The Morgan fingerprint density at radius 1 is 1.26 bits per heavy atom. The molecule has 0 bridgehead atoms. The molecule has 2 aliphatic heterocycles.